The van der Waals surface area contributed by atoms with E-state index >= 15 is 0 Å². The molecule has 0 bridgehead atoms. The van der Waals surface area contributed by atoms with Crippen LogP contribution in [0.2, 0.25) is 5.02 Å². The number of amides is 1. The van der Waals surface area contributed by atoms with E-state index in [0.717, 1.165) is 23.9 Å². The van der Waals surface area contributed by atoms with Gasteiger partial charge in [-0.3, -0.25) is 9.69 Å². The van der Waals surface area contributed by atoms with E-state index in [2.05, 4.69) is 16.6 Å². The number of benzene rings is 1. The van der Waals surface area contributed by atoms with Gasteiger partial charge in [-0.25, -0.2) is 4.98 Å². The molecule has 2 aromatic heterocycles. The van der Waals surface area contributed by atoms with Crippen molar-refractivity contribution < 1.29 is 22.4 Å². The summed E-state index contributed by atoms with van der Waals surface area (Å²) in [6.07, 6.45) is 0.201. The molecule has 5 nitrogen and oxygen atoms in total. The van der Waals surface area contributed by atoms with Crippen LogP contribution in [0.4, 0.5) is 18.3 Å². The number of halogens is 4. The summed E-state index contributed by atoms with van der Waals surface area (Å²) in [6.45, 7) is 3.93. The smallest absolute Gasteiger partial charge is 0.416 e. The first-order valence-corrected chi connectivity index (χ1v) is 11.1. The molecule has 4 rings (SSSR count). The normalized spacial score (nSPS) is 17.0. The fourth-order valence-corrected chi connectivity index (χ4v) is 4.57. The van der Waals surface area contributed by atoms with Crippen LogP contribution < -0.4 is 0 Å². The third kappa shape index (κ3) is 4.67. The SMILES string of the molecule is C=CCN1C(=O)C(=Cc2ccc(-c3cc(C(F)(F)F)ccc3Cl)o2)SC1=Nc1nccs1. The number of thiazole rings is 1. The Labute approximate surface area is 193 Å². The highest BCUT2D eigenvalue weighted by Crippen LogP contribution is 2.38. The molecule has 1 aliphatic rings. The van der Waals surface area contributed by atoms with E-state index in [1.807, 2.05) is 0 Å². The summed E-state index contributed by atoms with van der Waals surface area (Å²) >= 11 is 8.57. The van der Waals surface area contributed by atoms with Crippen molar-refractivity contribution in [2.75, 3.05) is 6.54 Å². The van der Waals surface area contributed by atoms with Gasteiger partial charge in [-0.2, -0.15) is 18.2 Å². The van der Waals surface area contributed by atoms with Crippen LogP contribution in [0.25, 0.3) is 17.4 Å². The molecule has 0 radical (unpaired) electrons. The van der Waals surface area contributed by atoms with E-state index in [1.54, 1.807) is 23.7 Å². The molecule has 1 amide bonds. The summed E-state index contributed by atoms with van der Waals surface area (Å²) in [6, 6.07) is 6.07. The lowest BCUT2D eigenvalue weighted by Gasteiger charge is -2.11. The Bertz CT molecular complexity index is 1230. The molecule has 0 aliphatic carbocycles. The van der Waals surface area contributed by atoms with Crippen LogP contribution in [0.5, 0.6) is 0 Å². The van der Waals surface area contributed by atoms with Gasteiger partial charge in [0.25, 0.3) is 5.91 Å². The van der Waals surface area contributed by atoms with Crippen molar-refractivity contribution in [3.8, 4) is 11.3 Å². The lowest BCUT2D eigenvalue weighted by molar-refractivity contribution is -0.137. The highest BCUT2D eigenvalue weighted by molar-refractivity contribution is 8.18. The van der Waals surface area contributed by atoms with E-state index in [-0.39, 0.29) is 28.8 Å². The third-order valence-electron chi connectivity index (χ3n) is 4.27. The number of aliphatic imine (C=N–C) groups is 1. The maximum absolute atomic E-state index is 13.1. The van der Waals surface area contributed by atoms with E-state index in [1.165, 1.54) is 34.4 Å². The van der Waals surface area contributed by atoms with Crippen molar-refractivity contribution >= 4 is 57.0 Å². The maximum Gasteiger partial charge on any atom is 0.416 e. The van der Waals surface area contributed by atoms with Crippen LogP contribution in [-0.4, -0.2) is 27.5 Å². The number of carbonyl (C=O) groups excluding carboxylic acids is 1. The number of thioether (sulfide) groups is 1. The van der Waals surface area contributed by atoms with Gasteiger partial charge in [-0.05, 0) is 42.1 Å². The average Bonchev–Trinajstić information content (AvgIpc) is 3.47. The van der Waals surface area contributed by atoms with Crippen LogP contribution in [0.3, 0.4) is 0 Å². The highest BCUT2D eigenvalue weighted by atomic mass is 35.5. The minimum absolute atomic E-state index is 0.107. The van der Waals surface area contributed by atoms with Gasteiger partial charge >= 0.3 is 6.18 Å². The molecule has 1 fully saturated rings. The Kier molecular flexibility index (Phi) is 6.27. The number of alkyl halides is 3. The lowest BCUT2D eigenvalue weighted by Crippen LogP contribution is -2.29. The number of nitrogens with zero attached hydrogens (tertiary/aromatic N) is 3. The maximum atomic E-state index is 13.1. The Morgan fingerprint density at radius 2 is 2.09 bits per heavy atom. The zero-order valence-corrected chi connectivity index (χ0v) is 18.5. The van der Waals surface area contributed by atoms with Crippen molar-refractivity contribution in [2.45, 2.75) is 6.18 Å². The summed E-state index contributed by atoms with van der Waals surface area (Å²) in [4.78, 5) is 23.1. The second-order valence-corrected chi connectivity index (χ2v) is 8.71. The van der Waals surface area contributed by atoms with Gasteiger partial charge in [0.05, 0.1) is 15.5 Å². The van der Waals surface area contributed by atoms with Gasteiger partial charge in [0.1, 0.15) is 11.5 Å². The van der Waals surface area contributed by atoms with Gasteiger partial charge in [-0.1, -0.05) is 17.7 Å². The fourth-order valence-electron chi connectivity index (χ4n) is 2.83. The fraction of sp³-hybridized carbons (Fsp3) is 0.0952. The van der Waals surface area contributed by atoms with Crippen LogP contribution >= 0.6 is 34.7 Å². The summed E-state index contributed by atoms with van der Waals surface area (Å²) in [5, 5.41) is 2.85. The number of furan rings is 1. The Balaban J connectivity index is 1.65. The first-order chi connectivity index (χ1) is 15.3. The van der Waals surface area contributed by atoms with Crippen molar-refractivity contribution in [3.05, 3.63) is 75.8 Å². The highest BCUT2D eigenvalue weighted by Gasteiger charge is 2.33. The largest absolute Gasteiger partial charge is 0.457 e. The quantitative estimate of drug-likeness (QED) is 0.286. The summed E-state index contributed by atoms with van der Waals surface area (Å²) in [7, 11) is 0. The zero-order valence-electron chi connectivity index (χ0n) is 16.1. The molecule has 1 aliphatic heterocycles. The molecule has 3 aromatic rings. The van der Waals surface area contributed by atoms with Gasteiger partial charge in [0.2, 0.25) is 5.13 Å². The van der Waals surface area contributed by atoms with Gasteiger partial charge < -0.3 is 4.42 Å². The molecule has 0 saturated carbocycles. The standard InChI is InChI=1S/C21H13ClF3N3O2S2/c1-2-8-28-18(29)17(32-20(28)27-19-26-7-9-31-19)11-13-4-6-16(30-13)14-10-12(21(23,24)25)3-5-15(14)22/h2-7,9-11H,1,8H2. The zero-order chi connectivity index (χ0) is 22.9. The van der Waals surface area contributed by atoms with Crippen molar-refractivity contribution in [2.24, 2.45) is 4.99 Å². The summed E-state index contributed by atoms with van der Waals surface area (Å²) < 4.78 is 44.8. The number of amidine groups is 1. The van der Waals surface area contributed by atoms with Gasteiger partial charge in [-0.15, -0.1) is 17.9 Å². The van der Waals surface area contributed by atoms with Crippen LogP contribution in [0.15, 0.2) is 68.9 Å². The average molecular weight is 496 g/mol. The molecule has 11 heteroatoms. The second-order valence-electron chi connectivity index (χ2n) is 6.42. The topological polar surface area (TPSA) is 58.7 Å². The molecule has 32 heavy (non-hydrogen) atoms. The van der Waals surface area contributed by atoms with Gasteiger partial charge in [0, 0.05) is 29.8 Å². The van der Waals surface area contributed by atoms with Crippen molar-refractivity contribution in [1.29, 1.82) is 0 Å². The minimum atomic E-state index is -4.51. The molecule has 3 heterocycles. The number of hydrogen-bond donors (Lipinski definition) is 0. The number of rotatable bonds is 5. The Morgan fingerprint density at radius 3 is 2.78 bits per heavy atom. The number of aromatic nitrogens is 1. The summed E-state index contributed by atoms with van der Waals surface area (Å²) in [5.41, 5.74) is -0.728. The molecule has 0 atom stereocenters. The van der Waals surface area contributed by atoms with E-state index < -0.39 is 11.7 Å². The number of hydrogen-bond acceptors (Lipinski definition) is 6. The van der Waals surface area contributed by atoms with Crippen LogP contribution in [0.1, 0.15) is 11.3 Å². The molecule has 164 valence electrons. The van der Waals surface area contributed by atoms with Crippen LogP contribution in [0, 0.1) is 0 Å². The Morgan fingerprint density at radius 1 is 1.28 bits per heavy atom. The Hall–Kier alpha value is -2.82. The molecular formula is C21H13ClF3N3O2S2. The molecule has 1 saturated heterocycles. The predicted octanol–water partition coefficient (Wildman–Crippen LogP) is 6.87. The molecule has 0 spiro atoms. The van der Waals surface area contributed by atoms with E-state index in [9.17, 15) is 18.0 Å². The molecular weight excluding hydrogens is 483 g/mol. The summed E-state index contributed by atoms with van der Waals surface area (Å²) in [5.74, 6) is 0.154. The third-order valence-corrected chi connectivity index (χ3v) is 6.27. The van der Waals surface area contributed by atoms with Crippen molar-refractivity contribution in [3.63, 3.8) is 0 Å². The molecule has 1 aromatic carbocycles. The lowest BCUT2D eigenvalue weighted by atomic mass is 10.1. The van der Waals surface area contributed by atoms with Gasteiger partial charge in [0.15, 0.2) is 5.17 Å². The van der Waals surface area contributed by atoms with E-state index in [0.29, 0.717) is 21.0 Å². The minimum Gasteiger partial charge on any atom is -0.457 e. The number of carbonyl (C=O) groups is 1. The molecule has 0 N–H and O–H groups in total. The van der Waals surface area contributed by atoms with Crippen molar-refractivity contribution in [1.82, 2.24) is 9.88 Å². The monoisotopic (exact) mass is 495 g/mol. The van der Waals surface area contributed by atoms with Crippen LogP contribution in [-0.2, 0) is 11.0 Å². The first-order valence-electron chi connectivity index (χ1n) is 9.03. The van der Waals surface area contributed by atoms with E-state index in [4.69, 9.17) is 16.0 Å². The first kappa shape index (κ1) is 22.4. The molecule has 0 unspecified atom stereocenters. The second kappa shape index (κ2) is 8.97. The predicted molar refractivity (Wildman–Crippen MR) is 121 cm³/mol.